The molecule has 0 saturated heterocycles. The summed E-state index contributed by atoms with van der Waals surface area (Å²) in [6.07, 6.45) is 0. The SMILES string of the molecule is Cc1[nH]nc2c(Cl)ccc(CN)c12. The number of benzene rings is 1. The van der Waals surface area contributed by atoms with Crippen LogP contribution >= 0.6 is 11.6 Å². The van der Waals surface area contributed by atoms with Crippen molar-refractivity contribution in [2.24, 2.45) is 5.73 Å². The van der Waals surface area contributed by atoms with E-state index in [1.54, 1.807) is 0 Å². The van der Waals surface area contributed by atoms with Crippen LogP contribution in [0.4, 0.5) is 0 Å². The van der Waals surface area contributed by atoms with E-state index in [1.165, 1.54) is 0 Å². The van der Waals surface area contributed by atoms with Gasteiger partial charge in [-0.15, -0.1) is 0 Å². The first-order chi connectivity index (χ1) is 6.24. The first-order valence-electron chi connectivity index (χ1n) is 4.06. The highest BCUT2D eigenvalue weighted by Gasteiger charge is 2.08. The van der Waals surface area contributed by atoms with Crippen LogP contribution in [-0.2, 0) is 6.54 Å². The quantitative estimate of drug-likeness (QED) is 0.731. The average Bonchev–Trinajstić information content (AvgIpc) is 2.51. The number of aromatic amines is 1. The second kappa shape index (κ2) is 3.01. The fraction of sp³-hybridized carbons (Fsp3) is 0.222. The molecule has 3 N–H and O–H groups in total. The topological polar surface area (TPSA) is 54.7 Å². The molecule has 0 unspecified atom stereocenters. The molecule has 2 rings (SSSR count). The first kappa shape index (κ1) is 8.53. The van der Waals surface area contributed by atoms with Crippen LogP contribution in [0.5, 0.6) is 0 Å². The minimum Gasteiger partial charge on any atom is -0.326 e. The number of hydrogen-bond acceptors (Lipinski definition) is 2. The molecule has 0 aliphatic rings. The number of nitrogens with two attached hydrogens (primary N) is 1. The summed E-state index contributed by atoms with van der Waals surface area (Å²) in [5.74, 6) is 0. The van der Waals surface area contributed by atoms with Gasteiger partial charge in [-0.25, -0.2) is 0 Å². The Balaban J connectivity index is 2.88. The van der Waals surface area contributed by atoms with Gasteiger partial charge in [-0.2, -0.15) is 5.10 Å². The summed E-state index contributed by atoms with van der Waals surface area (Å²) in [5.41, 5.74) is 8.50. The van der Waals surface area contributed by atoms with Crippen LogP contribution in [0.2, 0.25) is 5.02 Å². The summed E-state index contributed by atoms with van der Waals surface area (Å²) in [6.45, 7) is 2.47. The molecule has 0 aliphatic carbocycles. The van der Waals surface area contributed by atoms with E-state index in [0.717, 1.165) is 22.2 Å². The molecule has 1 aromatic heterocycles. The highest BCUT2D eigenvalue weighted by Crippen LogP contribution is 2.26. The van der Waals surface area contributed by atoms with Crippen molar-refractivity contribution >= 4 is 22.5 Å². The molecule has 0 amide bonds. The van der Waals surface area contributed by atoms with E-state index in [1.807, 2.05) is 19.1 Å². The Hall–Kier alpha value is -1.06. The first-order valence-corrected chi connectivity index (χ1v) is 4.44. The smallest absolute Gasteiger partial charge is 0.111 e. The molecule has 0 saturated carbocycles. The van der Waals surface area contributed by atoms with Crippen molar-refractivity contribution in [1.29, 1.82) is 0 Å². The third-order valence-electron chi connectivity index (χ3n) is 2.15. The van der Waals surface area contributed by atoms with E-state index in [0.29, 0.717) is 11.6 Å². The molecule has 0 aliphatic heterocycles. The van der Waals surface area contributed by atoms with Gasteiger partial charge in [0.05, 0.1) is 5.02 Å². The van der Waals surface area contributed by atoms with Gasteiger partial charge in [0, 0.05) is 17.6 Å². The van der Waals surface area contributed by atoms with E-state index in [2.05, 4.69) is 10.2 Å². The van der Waals surface area contributed by atoms with Crippen LogP contribution in [0.1, 0.15) is 11.3 Å². The van der Waals surface area contributed by atoms with Crippen LogP contribution in [0.3, 0.4) is 0 Å². The Morgan fingerprint density at radius 1 is 1.54 bits per heavy atom. The van der Waals surface area contributed by atoms with E-state index >= 15 is 0 Å². The lowest BCUT2D eigenvalue weighted by atomic mass is 10.1. The lowest BCUT2D eigenvalue weighted by Crippen LogP contribution is -1.97. The molecule has 1 aromatic carbocycles. The van der Waals surface area contributed by atoms with Crippen LogP contribution < -0.4 is 5.73 Å². The van der Waals surface area contributed by atoms with Crippen molar-refractivity contribution in [2.45, 2.75) is 13.5 Å². The molecule has 0 atom stereocenters. The Morgan fingerprint density at radius 2 is 2.31 bits per heavy atom. The van der Waals surface area contributed by atoms with Gasteiger partial charge in [-0.05, 0) is 18.6 Å². The maximum Gasteiger partial charge on any atom is 0.111 e. The molecule has 4 heteroatoms. The largest absolute Gasteiger partial charge is 0.326 e. The van der Waals surface area contributed by atoms with Crippen molar-refractivity contribution in [3.8, 4) is 0 Å². The van der Waals surface area contributed by atoms with Crippen molar-refractivity contribution in [3.63, 3.8) is 0 Å². The Morgan fingerprint density at radius 3 is 3.00 bits per heavy atom. The van der Waals surface area contributed by atoms with Gasteiger partial charge in [-0.1, -0.05) is 17.7 Å². The Labute approximate surface area is 80.9 Å². The lowest BCUT2D eigenvalue weighted by molar-refractivity contribution is 1.06. The van der Waals surface area contributed by atoms with E-state index in [9.17, 15) is 0 Å². The molecule has 3 nitrogen and oxygen atoms in total. The number of fused-ring (bicyclic) bond motifs is 1. The summed E-state index contributed by atoms with van der Waals surface area (Å²) < 4.78 is 0. The molecule has 1 heterocycles. The second-order valence-corrected chi connectivity index (χ2v) is 3.39. The predicted molar refractivity (Wildman–Crippen MR) is 53.7 cm³/mol. The standard InChI is InChI=1S/C9H10ClN3/c1-5-8-6(4-11)2-3-7(10)9(8)13-12-5/h2-3H,4,11H2,1H3,(H,12,13). The van der Waals surface area contributed by atoms with Crippen LogP contribution in [-0.4, -0.2) is 10.2 Å². The summed E-state index contributed by atoms with van der Waals surface area (Å²) in [6, 6.07) is 3.76. The number of hydrogen-bond donors (Lipinski definition) is 2. The monoisotopic (exact) mass is 195 g/mol. The summed E-state index contributed by atoms with van der Waals surface area (Å²) in [4.78, 5) is 0. The molecular formula is C9H10ClN3. The molecule has 0 radical (unpaired) electrons. The molecule has 13 heavy (non-hydrogen) atoms. The number of nitrogens with zero attached hydrogens (tertiary/aromatic N) is 1. The fourth-order valence-electron chi connectivity index (χ4n) is 1.50. The zero-order chi connectivity index (χ0) is 9.42. The summed E-state index contributed by atoms with van der Waals surface area (Å²) in [5, 5.41) is 8.73. The number of halogens is 1. The average molecular weight is 196 g/mol. The normalized spacial score (nSPS) is 11.0. The minimum absolute atomic E-state index is 0.508. The van der Waals surface area contributed by atoms with Crippen molar-refractivity contribution in [3.05, 3.63) is 28.4 Å². The second-order valence-electron chi connectivity index (χ2n) is 2.98. The predicted octanol–water partition coefficient (Wildman–Crippen LogP) is 1.98. The Bertz CT molecular complexity index is 447. The van der Waals surface area contributed by atoms with Gasteiger partial charge in [0.25, 0.3) is 0 Å². The van der Waals surface area contributed by atoms with Gasteiger partial charge < -0.3 is 5.73 Å². The number of nitrogens with one attached hydrogen (secondary N) is 1. The number of H-pyrrole nitrogens is 1. The van der Waals surface area contributed by atoms with Gasteiger partial charge in [-0.3, -0.25) is 5.10 Å². The van der Waals surface area contributed by atoms with Crippen molar-refractivity contribution in [1.82, 2.24) is 10.2 Å². The number of rotatable bonds is 1. The van der Waals surface area contributed by atoms with Crippen LogP contribution in [0.25, 0.3) is 10.9 Å². The number of aryl methyl sites for hydroxylation is 1. The summed E-state index contributed by atoms with van der Waals surface area (Å²) >= 11 is 5.98. The molecule has 2 aromatic rings. The zero-order valence-electron chi connectivity index (χ0n) is 7.26. The molecule has 0 fully saturated rings. The van der Waals surface area contributed by atoms with Gasteiger partial charge in [0.1, 0.15) is 5.52 Å². The fourth-order valence-corrected chi connectivity index (χ4v) is 1.70. The Kier molecular flexibility index (Phi) is 1.98. The molecular weight excluding hydrogens is 186 g/mol. The molecule has 68 valence electrons. The van der Waals surface area contributed by atoms with E-state index in [-0.39, 0.29) is 0 Å². The molecule has 0 bridgehead atoms. The maximum atomic E-state index is 5.98. The lowest BCUT2D eigenvalue weighted by Gasteiger charge is -2.00. The summed E-state index contributed by atoms with van der Waals surface area (Å²) in [7, 11) is 0. The molecule has 0 spiro atoms. The van der Waals surface area contributed by atoms with E-state index < -0.39 is 0 Å². The van der Waals surface area contributed by atoms with Crippen LogP contribution in [0.15, 0.2) is 12.1 Å². The highest BCUT2D eigenvalue weighted by atomic mass is 35.5. The third kappa shape index (κ3) is 1.20. The number of aromatic nitrogens is 2. The van der Waals surface area contributed by atoms with Gasteiger partial charge in [0.15, 0.2) is 0 Å². The van der Waals surface area contributed by atoms with Gasteiger partial charge >= 0.3 is 0 Å². The van der Waals surface area contributed by atoms with Crippen LogP contribution in [0, 0.1) is 6.92 Å². The van der Waals surface area contributed by atoms with Crippen molar-refractivity contribution in [2.75, 3.05) is 0 Å². The minimum atomic E-state index is 0.508. The van der Waals surface area contributed by atoms with E-state index in [4.69, 9.17) is 17.3 Å². The zero-order valence-corrected chi connectivity index (χ0v) is 8.02. The van der Waals surface area contributed by atoms with Crippen molar-refractivity contribution < 1.29 is 0 Å². The van der Waals surface area contributed by atoms with Gasteiger partial charge in [0.2, 0.25) is 0 Å². The highest BCUT2D eigenvalue weighted by molar-refractivity contribution is 6.35. The maximum absolute atomic E-state index is 5.98. The third-order valence-corrected chi connectivity index (χ3v) is 2.45.